The number of esters is 1. The van der Waals surface area contributed by atoms with Crippen LogP contribution in [0.2, 0.25) is 5.02 Å². The molecule has 0 aliphatic carbocycles. The van der Waals surface area contributed by atoms with E-state index >= 15 is 0 Å². The quantitative estimate of drug-likeness (QED) is 0.144. The largest absolute Gasteiger partial charge is 0.465 e. The van der Waals surface area contributed by atoms with Crippen molar-refractivity contribution in [2.45, 2.75) is 6.92 Å². The Balaban J connectivity index is 1.70. The molecule has 1 aliphatic rings. The third-order valence-corrected chi connectivity index (χ3v) is 5.36. The first-order valence-electron chi connectivity index (χ1n) is 9.66. The van der Waals surface area contributed by atoms with Crippen LogP contribution in [-0.2, 0) is 9.53 Å². The van der Waals surface area contributed by atoms with Crippen LogP contribution in [0.15, 0.2) is 45.4 Å². The summed E-state index contributed by atoms with van der Waals surface area (Å²) in [5.41, 5.74) is -1.24. The first-order valence-corrected chi connectivity index (χ1v) is 10.0. The number of furan rings is 1. The Bertz CT molecular complexity index is 1440. The van der Waals surface area contributed by atoms with E-state index in [1.54, 1.807) is 0 Å². The standard InChI is InChI=1S/C23H12ClF5N2O4/c1-9-12(22(32)31(30-9)21-19(28)17(26)16(25)18(27)20(21)29)8-11-4-6-15(35-11)13-7-10(23(33)34-2)3-5-14(13)24/h3-8H,1-2H3/b12-8+. The zero-order valence-electron chi connectivity index (χ0n) is 17.8. The van der Waals surface area contributed by atoms with Gasteiger partial charge in [0, 0.05) is 5.56 Å². The molecule has 180 valence electrons. The number of amides is 1. The molecule has 1 aliphatic heterocycles. The predicted molar refractivity (Wildman–Crippen MR) is 115 cm³/mol. The number of nitrogens with zero attached hydrogens (tertiary/aromatic N) is 2. The van der Waals surface area contributed by atoms with Gasteiger partial charge in [-0.05, 0) is 43.3 Å². The molecule has 0 fully saturated rings. The maximum Gasteiger partial charge on any atom is 0.337 e. The van der Waals surface area contributed by atoms with E-state index < -0.39 is 46.6 Å². The fourth-order valence-corrected chi connectivity index (χ4v) is 3.50. The van der Waals surface area contributed by atoms with E-state index in [1.807, 2.05) is 0 Å². The summed E-state index contributed by atoms with van der Waals surface area (Å²) in [6.07, 6.45) is 1.18. The van der Waals surface area contributed by atoms with Gasteiger partial charge in [0.05, 0.1) is 29.0 Å². The van der Waals surface area contributed by atoms with E-state index in [0.717, 1.165) is 0 Å². The highest BCUT2D eigenvalue weighted by Crippen LogP contribution is 2.35. The molecule has 3 aromatic rings. The molecule has 4 rings (SSSR count). The molecular weight excluding hydrogens is 499 g/mol. The van der Waals surface area contributed by atoms with E-state index in [4.69, 9.17) is 16.0 Å². The van der Waals surface area contributed by atoms with Crippen molar-refractivity contribution in [2.24, 2.45) is 5.10 Å². The molecule has 1 amide bonds. The van der Waals surface area contributed by atoms with Crippen LogP contribution in [0.1, 0.15) is 23.0 Å². The van der Waals surface area contributed by atoms with Gasteiger partial charge in [-0.25, -0.2) is 26.7 Å². The lowest BCUT2D eigenvalue weighted by Crippen LogP contribution is -2.25. The minimum absolute atomic E-state index is 0.0670. The van der Waals surface area contributed by atoms with Gasteiger partial charge in [0.2, 0.25) is 5.82 Å². The number of carbonyl (C=O) groups is 2. The van der Waals surface area contributed by atoms with Crippen molar-refractivity contribution in [3.05, 3.63) is 81.3 Å². The Morgan fingerprint density at radius 1 is 1.03 bits per heavy atom. The average Bonchev–Trinajstić information content (AvgIpc) is 3.42. The van der Waals surface area contributed by atoms with Gasteiger partial charge >= 0.3 is 5.97 Å². The highest BCUT2D eigenvalue weighted by Gasteiger charge is 2.37. The molecule has 0 saturated carbocycles. The third-order valence-electron chi connectivity index (χ3n) is 5.03. The third kappa shape index (κ3) is 4.08. The Labute approximate surface area is 198 Å². The van der Waals surface area contributed by atoms with Crippen LogP contribution in [0.3, 0.4) is 0 Å². The summed E-state index contributed by atoms with van der Waals surface area (Å²) in [4.78, 5) is 24.6. The zero-order valence-corrected chi connectivity index (χ0v) is 18.5. The predicted octanol–water partition coefficient (Wildman–Crippen LogP) is 5.89. The summed E-state index contributed by atoms with van der Waals surface area (Å²) in [7, 11) is 1.21. The molecule has 0 N–H and O–H groups in total. The number of carbonyl (C=O) groups excluding carboxylic acids is 2. The van der Waals surface area contributed by atoms with Crippen LogP contribution in [-0.4, -0.2) is 24.7 Å². The summed E-state index contributed by atoms with van der Waals surface area (Å²) in [5.74, 6) is -12.6. The van der Waals surface area contributed by atoms with Gasteiger partial charge in [0.1, 0.15) is 17.2 Å². The average molecular weight is 511 g/mol. The Morgan fingerprint density at radius 2 is 1.66 bits per heavy atom. The second kappa shape index (κ2) is 8.99. The summed E-state index contributed by atoms with van der Waals surface area (Å²) < 4.78 is 79.3. The number of ether oxygens (including phenoxy) is 1. The highest BCUT2D eigenvalue weighted by atomic mass is 35.5. The monoisotopic (exact) mass is 510 g/mol. The highest BCUT2D eigenvalue weighted by molar-refractivity contribution is 6.33. The maximum absolute atomic E-state index is 14.2. The minimum atomic E-state index is -2.36. The molecule has 35 heavy (non-hydrogen) atoms. The number of benzene rings is 2. The molecule has 0 bridgehead atoms. The number of methoxy groups -OCH3 is 1. The Hall–Kier alpha value is -3.99. The lowest BCUT2D eigenvalue weighted by molar-refractivity contribution is -0.114. The van der Waals surface area contributed by atoms with Gasteiger partial charge in [-0.1, -0.05) is 11.6 Å². The van der Waals surface area contributed by atoms with E-state index in [-0.39, 0.29) is 38.4 Å². The van der Waals surface area contributed by atoms with Gasteiger partial charge in [0.15, 0.2) is 23.3 Å². The number of hydrogen-bond donors (Lipinski definition) is 0. The van der Waals surface area contributed by atoms with Gasteiger partial charge in [-0.15, -0.1) is 0 Å². The zero-order chi connectivity index (χ0) is 25.6. The van der Waals surface area contributed by atoms with Crippen LogP contribution in [0.5, 0.6) is 0 Å². The van der Waals surface area contributed by atoms with Crippen molar-refractivity contribution < 1.29 is 40.7 Å². The van der Waals surface area contributed by atoms with Crippen LogP contribution in [0, 0.1) is 29.1 Å². The lowest BCUT2D eigenvalue weighted by atomic mass is 10.1. The van der Waals surface area contributed by atoms with E-state index in [2.05, 4.69) is 9.84 Å². The summed E-state index contributed by atoms with van der Waals surface area (Å²) in [6.45, 7) is 1.30. The maximum atomic E-state index is 14.2. The Morgan fingerprint density at radius 3 is 2.29 bits per heavy atom. The summed E-state index contributed by atoms with van der Waals surface area (Å²) in [6, 6.07) is 7.27. The van der Waals surface area contributed by atoms with Crippen molar-refractivity contribution in [3.63, 3.8) is 0 Å². The van der Waals surface area contributed by atoms with E-state index in [1.165, 1.54) is 50.4 Å². The second-order valence-electron chi connectivity index (χ2n) is 7.17. The number of hydrogen-bond acceptors (Lipinski definition) is 5. The topological polar surface area (TPSA) is 72.1 Å². The van der Waals surface area contributed by atoms with Crippen molar-refractivity contribution in [1.29, 1.82) is 0 Å². The fourth-order valence-electron chi connectivity index (χ4n) is 3.29. The normalized spacial score (nSPS) is 14.6. The molecule has 2 heterocycles. The van der Waals surface area contributed by atoms with E-state index in [9.17, 15) is 31.5 Å². The number of rotatable bonds is 4. The lowest BCUT2D eigenvalue weighted by Gasteiger charge is -2.14. The fraction of sp³-hybridized carbons (Fsp3) is 0.0870. The number of anilines is 1. The van der Waals surface area contributed by atoms with Gasteiger partial charge in [-0.2, -0.15) is 10.1 Å². The first-order chi connectivity index (χ1) is 16.5. The molecule has 1 aromatic heterocycles. The van der Waals surface area contributed by atoms with Crippen LogP contribution in [0.25, 0.3) is 17.4 Å². The summed E-state index contributed by atoms with van der Waals surface area (Å²) >= 11 is 6.19. The van der Waals surface area contributed by atoms with Crippen molar-refractivity contribution >= 4 is 41.0 Å². The number of hydrazone groups is 1. The molecule has 0 spiro atoms. The van der Waals surface area contributed by atoms with Crippen LogP contribution < -0.4 is 5.01 Å². The molecular formula is C23H12ClF5N2O4. The van der Waals surface area contributed by atoms with E-state index in [0.29, 0.717) is 5.56 Å². The van der Waals surface area contributed by atoms with Gasteiger partial charge in [-0.3, -0.25) is 4.79 Å². The Kier molecular flexibility index (Phi) is 6.20. The second-order valence-corrected chi connectivity index (χ2v) is 7.57. The first kappa shape index (κ1) is 24.1. The van der Waals surface area contributed by atoms with Crippen molar-refractivity contribution in [3.8, 4) is 11.3 Å². The van der Waals surface area contributed by atoms with Gasteiger partial charge < -0.3 is 9.15 Å². The molecule has 0 radical (unpaired) electrons. The van der Waals surface area contributed by atoms with Gasteiger partial charge in [0.25, 0.3) is 5.91 Å². The minimum Gasteiger partial charge on any atom is -0.465 e. The smallest absolute Gasteiger partial charge is 0.337 e. The summed E-state index contributed by atoms with van der Waals surface area (Å²) in [5, 5.41) is 4.00. The molecule has 2 aromatic carbocycles. The van der Waals surface area contributed by atoms with Crippen molar-refractivity contribution in [2.75, 3.05) is 12.1 Å². The van der Waals surface area contributed by atoms with Crippen LogP contribution >= 0.6 is 11.6 Å². The van der Waals surface area contributed by atoms with Crippen molar-refractivity contribution in [1.82, 2.24) is 0 Å². The molecule has 12 heteroatoms. The molecule has 0 saturated heterocycles. The molecule has 6 nitrogen and oxygen atoms in total. The SMILES string of the molecule is COC(=O)c1ccc(Cl)c(-c2ccc(/C=C3/C(=O)N(c4c(F)c(F)c(F)c(F)c4F)N=C3C)o2)c1. The molecule has 0 atom stereocenters. The number of halogens is 6. The van der Waals surface area contributed by atoms with Crippen LogP contribution in [0.4, 0.5) is 27.6 Å². The molecule has 0 unspecified atom stereocenters.